The van der Waals surface area contributed by atoms with E-state index in [4.69, 9.17) is 0 Å². The summed E-state index contributed by atoms with van der Waals surface area (Å²) in [7, 11) is 0. The van der Waals surface area contributed by atoms with Gasteiger partial charge in [0.2, 0.25) is 0 Å². The van der Waals surface area contributed by atoms with Gasteiger partial charge in [-0.3, -0.25) is 0 Å². The summed E-state index contributed by atoms with van der Waals surface area (Å²) in [5.41, 5.74) is 6.07. The van der Waals surface area contributed by atoms with Crippen LogP contribution in [0.3, 0.4) is 0 Å². The van der Waals surface area contributed by atoms with Crippen LogP contribution in [0.15, 0.2) is 24.3 Å². The standard InChI is InChI=1S/C13H10/c1-2-9-7-13-11-4-3-10(5-11)12(13)6-8(1)9/h1-4,6-7,10-11H,5H2. The van der Waals surface area contributed by atoms with E-state index in [1.54, 1.807) is 11.1 Å². The Morgan fingerprint density at radius 2 is 1.38 bits per heavy atom. The molecule has 0 radical (unpaired) electrons. The minimum atomic E-state index is 0.735. The van der Waals surface area contributed by atoms with Gasteiger partial charge in [0, 0.05) is 11.8 Å². The van der Waals surface area contributed by atoms with Crippen LogP contribution in [-0.2, 0) is 0 Å². The molecule has 0 heteroatoms. The molecule has 1 aromatic rings. The predicted octanol–water partition coefficient (Wildman–Crippen LogP) is 3.31. The van der Waals surface area contributed by atoms with Gasteiger partial charge >= 0.3 is 0 Å². The molecule has 0 nitrogen and oxygen atoms in total. The number of hydrogen-bond acceptors (Lipinski definition) is 0. The first-order valence-electron chi connectivity index (χ1n) is 4.96. The zero-order valence-electron chi connectivity index (χ0n) is 7.33. The maximum atomic E-state index is 2.39. The normalized spacial score (nSPS) is 30.2. The summed E-state index contributed by atoms with van der Waals surface area (Å²) in [5.74, 6) is 1.47. The number of fused-ring (bicyclic) bond motifs is 6. The lowest BCUT2D eigenvalue weighted by atomic mass is 9.87. The van der Waals surface area contributed by atoms with Gasteiger partial charge in [0.25, 0.3) is 0 Å². The number of rotatable bonds is 0. The molecule has 2 unspecified atom stereocenters. The fourth-order valence-electron chi connectivity index (χ4n) is 2.84. The van der Waals surface area contributed by atoms with Crippen LogP contribution in [0.25, 0.3) is 12.2 Å². The van der Waals surface area contributed by atoms with Crippen LogP contribution in [-0.4, -0.2) is 0 Å². The molecule has 0 saturated carbocycles. The molecule has 62 valence electrons. The molecule has 0 saturated heterocycles. The van der Waals surface area contributed by atoms with Crippen molar-refractivity contribution in [3.8, 4) is 0 Å². The molecule has 0 N–H and O–H groups in total. The van der Waals surface area contributed by atoms with Crippen molar-refractivity contribution in [1.82, 2.24) is 0 Å². The monoisotopic (exact) mass is 166 g/mol. The molecule has 3 aliphatic rings. The van der Waals surface area contributed by atoms with Gasteiger partial charge in [-0.2, -0.15) is 0 Å². The van der Waals surface area contributed by atoms with Crippen LogP contribution in [0.5, 0.6) is 0 Å². The summed E-state index contributed by atoms with van der Waals surface area (Å²) in [6.07, 6.45) is 10.5. The summed E-state index contributed by atoms with van der Waals surface area (Å²) in [6, 6.07) is 4.78. The predicted molar refractivity (Wildman–Crippen MR) is 54.6 cm³/mol. The summed E-state index contributed by atoms with van der Waals surface area (Å²) in [6.45, 7) is 0. The second kappa shape index (κ2) is 1.79. The van der Waals surface area contributed by atoms with Gasteiger partial charge < -0.3 is 0 Å². The molecule has 0 amide bonds. The number of benzene rings is 1. The Morgan fingerprint density at radius 1 is 0.846 bits per heavy atom. The first-order valence-corrected chi connectivity index (χ1v) is 4.96. The van der Waals surface area contributed by atoms with E-state index in [9.17, 15) is 0 Å². The Morgan fingerprint density at radius 3 is 1.85 bits per heavy atom. The first-order chi connectivity index (χ1) is 6.42. The Kier molecular flexibility index (Phi) is 0.855. The second-order valence-corrected chi connectivity index (χ2v) is 4.28. The molecular weight excluding hydrogens is 156 g/mol. The van der Waals surface area contributed by atoms with E-state index in [1.165, 1.54) is 17.5 Å². The quantitative estimate of drug-likeness (QED) is 0.527. The number of hydrogen-bond donors (Lipinski definition) is 0. The van der Waals surface area contributed by atoms with E-state index >= 15 is 0 Å². The lowest BCUT2D eigenvalue weighted by Crippen LogP contribution is -1.98. The topological polar surface area (TPSA) is 0 Å². The maximum absolute atomic E-state index is 2.39. The highest BCUT2D eigenvalue weighted by molar-refractivity contribution is 5.86. The van der Waals surface area contributed by atoms with Gasteiger partial charge in [-0.05, 0) is 28.7 Å². The third kappa shape index (κ3) is 0.601. The van der Waals surface area contributed by atoms with Gasteiger partial charge in [0.1, 0.15) is 0 Å². The van der Waals surface area contributed by atoms with Crippen molar-refractivity contribution in [2.45, 2.75) is 18.3 Å². The van der Waals surface area contributed by atoms with Gasteiger partial charge in [0.15, 0.2) is 0 Å². The fourth-order valence-corrected chi connectivity index (χ4v) is 2.84. The molecular formula is C13H10. The second-order valence-electron chi connectivity index (χ2n) is 4.28. The van der Waals surface area contributed by atoms with E-state index < -0.39 is 0 Å². The minimum Gasteiger partial charge on any atom is -0.0804 e. The molecule has 0 heterocycles. The van der Waals surface area contributed by atoms with Crippen LogP contribution < -0.4 is 0 Å². The van der Waals surface area contributed by atoms with E-state index in [0.717, 1.165) is 11.8 Å². The average Bonchev–Trinajstić information content (AvgIpc) is 2.67. The van der Waals surface area contributed by atoms with Crippen molar-refractivity contribution in [3.05, 3.63) is 46.5 Å². The highest BCUT2D eigenvalue weighted by Crippen LogP contribution is 2.50. The molecule has 0 fully saturated rings. The zero-order valence-corrected chi connectivity index (χ0v) is 7.33. The van der Waals surface area contributed by atoms with Gasteiger partial charge in [-0.15, -0.1) is 0 Å². The zero-order chi connectivity index (χ0) is 8.41. The van der Waals surface area contributed by atoms with E-state index in [2.05, 4.69) is 36.4 Å². The third-order valence-corrected chi connectivity index (χ3v) is 3.61. The summed E-state index contributed by atoms with van der Waals surface area (Å²) in [4.78, 5) is 0. The van der Waals surface area contributed by atoms with Crippen LogP contribution in [0.2, 0.25) is 0 Å². The van der Waals surface area contributed by atoms with Crippen molar-refractivity contribution >= 4 is 12.2 Å². The molecule has 3 aliphatic carbocycles. The van der Waals surface area contributed by atoms with E-state index in [1.807, 2.05) is 0 Å². The van der Waals surface area contributed by atoms with Gasteiger partial charge in [-0.25, -0.2) is 0 Å². The maximum Gasteiger partial charge on any atom is 0.00301 e. The third-order valence-electron chi connectivity index (χ3n) is 3.61. The van der Waals surface area contributed by atoms with Gasteiger partial charge in [0.05, 0.1) is 0 Å². The Balaban J connectivity index is 2.04. The highest BCUT2D eigenvalue weighted by atomic mass is 14.4. The average molecular weight is 166 g/mol. The largest absolute Gasteiger partial charge is 0.0804 e. The van der Waals surface area contributed by atoms with Crippen molar-refractivity contribution in [2.24, 2.45) is 0 Å². The lowest BCUT2D eigenvalue weighted by Gasteiger charge is -2.17. The summed E-state index contributed by atoms with van der Waals surface area (Å²) >= 11 is 0. The molecule has 2 atom stereocenters. The molecule has 2 bridgehead atoms. The summed E-state index contributed by atoms with van der Waals surface area (Å²) < 4.78 is 0. The SMILES string of the molecule is C1=Cc2cc3c(cc21)C1C=CC3C1. The molecule has 0 aromatic heterocycles. The van der Waals surface area contributed by atoms with Crippen LogP contribution in [0.1, 0.15) is 40.5 Å². The van der Waals surface area contributed by atoms with Crippen molar-refractivity contribution in [3.63, 3.8) is 0 Å². The van der Waals surface area contributed by atoms with Crippen molar-refractivity contribution in [1.29, 1.82) is 0 Å². The molecule has 0 spiro atoms. The molecule has 0 aliphatic heterocycles. The van der Waals surface area contributed by atoms with Crippen molar-refractivity contribution < 1.29 is 0 Å². The van der Waals surface area contributed by atoms with Gasteiger partial charge in [-0.1, -0.05) is 36.4 Å². The van der Waals surface area contributed by atoms with Crippen LogP contribution in [0.4, 0.5) is 0 Å². The van der Waals surface area contributed by atoms with E-state index in [-0.39, 0.29) is 0 Å². The van der Waals surface area contributed by atoms with Crippen LogP contribution >= 0.6 is 0 Å². The Bertz CT molecular complexity index is 422. The minimum absolute atomic E-state index is 0.735. The summed E-state index contributed by atoms with van der Waals surface area (Å²) in [5, 5.41) is 0. The fraction of sp³-hybridized carbons (Fsp3) is 0.231. The first kappa shape index (κ1) is 6.20. The number of allylic oxidation sites excluding steroid dienone is 2. The molecule has 1 aromatic carbocycles. The van der Waals surface area contributed by atoms with E-state index in [0.29, 0.717) is 0 Å². The highest BCUT2D eigenvalue weighted by Gasteiger charge is 2.33. The molecule has 4 rings (SSSR count). The van der Waals surface area contributed by atoms with Crippen molar-refractivity contribution in [2.75, 3.05) is 0 Å². The smallest absolute Gasteiger partial charge is 0.00301 e. The molecule has 13 heavy (non-hydrogen) atoms. The van der Waals surface area contributed by atoms with Crippen LogP contribution in [0, 0.1) is 0 Å². The Labute approximate surface area is 77.6 Å². The Hall–Kier alpha value is -1.30. The lowest BCUT2D eigenvalue weighted by molar-refractivity contribution is 0.804.